The van der Waals surface area contributed by atoms with E-state index in [0.717, 1.165) is 6.26 Å². The number of halogens is 1. The summed E-state index contributed by atoms with van der Waals surface area (Å²) in [5.74, 6) is -0.378. The topological polar surface area (TPSA) is 120 Å². The van der Waals surface area contributed by atoms with Crippen molar-refractivity contribution in [1.29, 1.82) is 0 Å². The van der Waals surface area contributed by atoms with E-state index < -0.39 is 28.0 Å². The number of aliphatic hydroxyl groups excluding tert-OH is 1. The zero-order valence-electron chi connectivity index (χ0n) is 17.4. The van der Waals surface area contributed by atoms with E-state index in [1.807, 2.05) is 0 Å². The number of hydrogen-bond donors (Lipinski definition) is 3. The van der Waals surface area contributed by atoms with E-state index in [-0.39, 0.29) is 29.7 Å². The minimum Gasteiger partial charge on any atom is -0.494 e. The second-order valence-corrected chi connectivity index (χ2v) is 9.50. The lowest BCUT2D eigenvalue weighted by molar-refractivity contribution is -0.224. The third-order valence-corrected chi connectivity index (χ3v) is 5.99. The highest BCUT2D eigenvalue weighted by Gasteiger charge is 2.26. The third kappa shape index (κ3) is 6.14. The van der Waals surface area contributed by atoms with Crippen LogP contribution in [0.5, 0.6) is 5.75 Å². The van der Waals surface area contributed by atoms with Gasteiger partial charge in [-0.3, -0.25) is 0 Å². The van der Waals surface area contributed by atoms with E-state index in [0.29, 0.717) is 30.0 Å². The largest absolute Gasteiger partial charge is 0.494 e. The summed E-state index contributed by atoms with van der Waals surface area (Å²) in [4.78, 5) is 0.149. The summed E-state index contributed by atoms with van der Waals surface area (Å²) in [6, 6.07) is 8.99. The maximum atomic E-state index is 14.1. The zero-order valence-corrected chi connectivity index (χ0v) is 18.2. The van der Waals surface area contributed by atoms with Crippen LogP contribution in [0.2, 0.25) is 0 Å². The van der Waals surface area contributed by atoms with Crippen molar-refractivity contribution in [2.45, 2.75) is 29.8 Å². The molecule has 1 heterocycles. The smallest absolute Gasteiger partial charge is 0.185 e. The molecule has 0 bridgehead atoms. The Labute approximate surface area is 181 Å². The SMILES string of the molecule is COc1ccc(Cc2cc(S(C)(=O)=O)ccc2NC[C@H](O)C2OCC(N)CO2)cc1F. The summed E-state index contributed by atoms with van der Waals surface area (Å²) < 4.78 is 53.8. The number of anilines is 1. The molecule has 2 aromatic rings. The molecule has 10 heteroatoms. The molecule has 3 rings (SSSR count). The number of benzene rings is 2. The highest BCUT2D eigenvalue weighted by molar-refractivity contribution is 7.90. The van der Waals surface area contributed by atoms with E-state index in [2.05, 4.69) is 5.32 Å². The van der Waals surface area contributed by atoms with Crippen LogP contribution in [-0.2, 0) is 25.7 Å². The van der Waals surface area contributed by atoms with Crippen molar-refractivity contribution in [3.05, 3.63) is 53.3 Å². The molecule has 0 spiro atoms. The molecule has 2 aromatic carbocycles. The monoisotopic (exact) mass is 454 g/mol. The number of hydrogen-bond acceptors (Lipinski definition) is 8. The standard InChI is InChI=1S/C21H27FN2O6S/c1-28-20-6-3-13(8-17(20)22)7-14-9-16(31(2,26)27)4-5-18(14)24-10-19(25)21-29-11-15(23)12-30-21/h3-6,8-9,15,19,21,24-25H,7,10-12,23H2,1-2H3/t15?,19-,21?/m0/s1. The summed E-state index contributed by atoms with van der Waals surface area (Å²) in [5, 5.41) is 13.5. The number of nitrogens with two attached hydrogens (primary N) is 1. The Kier molecular flexibility index (Phi) is 7.50. The molecule has 0 aliphatic carbocycles. The summed E-state index contributed by atoms with van der Waals surface area (Å²) in [5.41, 5.74) is 7.58. The highest BCUT2D eigenvalue weighted by atomic mass is 32.2. The number of nitrogens with one attached hydrogen (secondary N) is 1. The average molecular weight is 455 g/mol. The van der Waals surface area contributed by atoms with Gasteiger partial charge in [0.05, 0.1) is 31.3 Å². The highest BCUT2D eigenvalue weighted by Crippen LogP contribution is 2.26. The number of methoxy groups -OCH3 is 1. The molecule has 1 aliphatic rings. The van der Waals surface area contributed by atoms with E-state index in [9.17, 15) is 17.9 Å². The van der Waals surface area contributed by atoms with Crippen LogP contribution in [0.3, 0.4) is 0 Å². The van der Waals surface area contributed by atoms with Crippen LogP contribution < -0.4 is 15.8 Å². The first kappa shape index (κ1) is 23.4. The minimum atomic E-state index is -3.43. The molecule has 31 heavy (non-hydrogen) atoms. The lowest BCUT2D eigenvalue weighted by Crippen LogP contribution is -2.47. The fraction of sp³-hybridized carbons (Fsp3) is 0.429. The van der Waals surface area contributed by atoms with E-state index >= 15 is 0 Å². The Morgan fingerprint density at radius 1 is 1.26 bits per heavy atom. The van der Waals surface area contributed by atoms with Crippen LogP contribution in [0, 0.1) is 5.82 Å². The van der Waals surface area contributed by atoms with Crippen molar-refractivity contribution in [3.8, 4) is 5.75 Å². The van der Waals surface area contributed by atoms with Crippen molar-refractivity contribution < 1.29 is 32.1 Å². The average Bonchev–Trinajstić information content (AvgIpc) is 2.72. The molecule has 0 saturated carbocycles. The Bertz CT molecular complexity index is 1010. The van der Waals surface area contributed by atoms with Crippen LogP contribution in [0.4, 0.5) is 10.1 Å². The van der Waals surface area contributed by atoms with E-state index in [1.165, 1.54) is 25.3 Å². The first-order valence-electron chi connectivity index (χ1n) is 9.73. The second-order valence-electron chi connectivity index (χ2n) is 7.48. The molecule has 0 amide bonds. The zero-order chi connectivity index (χ0) is 22.6. The van der Waals surface area contributed by atoms with Crippen molar-refractivity contribution >= 4 is 15.5 Å². The molecule has 170 valence electrons. The van der Waals surface area contributed by atoms with Gasteiger partial charge in [-0.1, -0.05) is 6.07 Å². The predicted molar refractivity (Wildman–Crippen MR) is 113 cm³/mol. The van der Waals surface area contributed by atoms with Gasteiger partial charge in [0.15, 0.2) is 27.7 Å². The lowest BCUT2D eigenvalue weighted by atomic mass is 10.0. The van der Waals surface area contributed by atoms with Gasteiger partial charge in [0, 0.05) is 18.5 Å². The van der Waals surface area contributed by atoms with Gasteiger partial charge in [-0.05, 0) is 47.9 Å². The first-order chi connectivity index (χ1) is 14.7. The van der Waals surface area contributed by atoms with Gasteiger partial charge in [0.1, 0.15) is 6.10 Å². The van der Waals surface area contributed by atoms with Crippen LogP contribution in [0.15, 0.2) is 41.3 Å². The van der Waals surface area contributed by atoms with Gasteiger partial charge in [0.2, 0.25) is 0 Å². The molecule has 0 aromatic heterocycles. The maximum Gasteiger partial charge on any atom is 0.185 e. The van der Waals surface area contributed by atoms with Crippen molar-refractivity contribution in [3.63, 3.8) is 0 Å². The summed E-state index contributed by atoms with van der Waals surface area (Å²) in [6.45, 7) is 0.681. The van der Waals surface area contributed by atoms with Gasteiger partial charge < -0.3 is 30.4 Å². The third-order valence-electron chi connectivity index (χ3n) is 4.88. The molecule has 1 aliphatic heterocycles. The molecule has 0 radical (unpaired) electrons. The molecular weight excluding hydrogens is 427 g/mol. The van der Waals surface area contributed by atoms with Crippen LogP contribution in [-0.4, -0.2) is 65.1 Å². The lowest BCUT2D eigenvalue weighted by Gasteiger charge is -2.30. The summed E-state index contributed by atoms with van der Waals surface area (Å²) in [6.07, 6.45) is -0.373. The molecular formula is C21H27FN2O6S. The predicted octanol–water partition coefficient (Wildman–Crippen LogP) is 1.30. The van der Waals surface area contributed by atoms with Crippen molar-refractivity contribution in [2.24, 2.45) is 5.73 Å². The Morgan fingerprint density at radius 3 is 2.58 bits per heavy atom. The van der Waals surface area contributed by atoms with Gasteiger partial charge in [-0.25, -0.2) is 12.8 Å². The maximum absolute atomic E-state index is 14.1. The van der Waals surface area contributed by atoms with Gasteiger partial charge >= 0.3 is 0 Å². The van der Waals surface area contributed by atoms with Crippen LogP contribution in [0.25, 0.3) is 0 Å². The first-order valence-corrected chi connectivity index (χ1v) is 11.6. The second kappa shape index (κ2) is 9.92. The van der Waals surface area contributed by atoms with Crippen molar-refractivity contribution in [1.82, 2.24) is 0 Å². The summed E-state index contributed by atoms with van der Waals surface area (Å²) in [7, 11) is -2.05. The van der Waals surface area contributed by atoms with Crippen LogP contribution in [0.1, 0.15) is 11.1 Å². The summed E-state index contributed by atoms with van der Waals surface area (Å²) >= 11 is 0. The minimum absolute atomic E-state index is 0.0993. The molecule has 4 N–H and O–H groups in total. The molecule has 1 fully saturated rings. The fourth-order valence-corrected chi connectivity index (χ4v) is 3.90. The molecule has 0 unspecified atom stereocenters. The normalized spacial score (nSPS) is 20.3. The van der Waals surface area contributed by atoms with Gasteiger partial charge in [0.25, 0.3) is 0 Å². The van der Waals surface area contributed by atoms with E-state index in [4.69, 9.17) is 19.9 Å². The Balaban J connectivity index is 1.79. The number of sulfone groups is 1. The van der Waals surface area contributed by atoms with Crippen LogP contribution >= 0.6 is 0 Å². The Hall–Kier alpha value is -2.24. The van der Waals surface area contributed by atoms with Crippen molar-refractivity contribution in [2.75, 3.05) is 38.4 Å². The molecule has 1 saturated heterocycles. The Morgan fingerprint density at radius 2 is 1.97 bits per heavy atom. The quantitative estimate of drug-likeness (QED) is 0.546. The van der Waals surface area contributed by atoms with Gasteiger partial charge in [-0.2, -0.15) is 0 Å². The molecule has 1 atom stereocenters. The number of aliphatic hydroxyl groups is 1. The number of rotatable bonds is 8. The number of ether oxygens (including phenoxy) is 3. The van der Waals surface area contributed by atoms with E-state index in [1.54, 1.807) is 18.2 Å². The molecule has 8 nitrogen and oxygen atoms in total. The van der Waals surface area contributed by atoms with Gasteiger partial charge in [-0.15, -0.1) is 0 Å². The fourth-order valence-electron chi connectivity index (χ4n) is 3.23.